The SMILES string of the molecule is Cl.O=C(/C=C/c1ccco1)N[C@H]1CC[C@@]2(O)[C@H]3Cc4cccc5c4[C@@]2(CCN3CC2CC2)[C@H]1O5. The van der Waals surface area contributed by atoms with E-state index in [1.54, 1.807) is 18.4 Å². The summed E-state index contributed by atoms with van der Waals surface area (Å²) in [4.78, 5) is 15.4. The number of likely N-dealkylation sites (tertiary alicyclic amines) is 1. The van der Waals surface area contributed by atoms with Crippen LogP contribution in [0.3, 0.4) is 0 Å². The molecule has 2 bridgehead atoms. The van der Waals surface area contributed by atoms with E-state index in [2.05, 4.69) is 22.3 Å². The van der Waals surface area contributed by atoms with E-state index in [-0.39, 0.29) is 36.5 Å². The third-order valence-electron chi connectivity index (χ3n) is 8.93. The molecule has 1 amide bonds. The standard InChI is InChI=1S/C27H30N2O4.ClH/c30-23(9-8-19-4-2-14-32-19)28-20-10-11-27(31)22-15-18-3-1-5-21-24(18)26(27,25(20)33-21)12-13-29(22)16-17-6-7-17;/h1-5,8-9,14,17,20,22,25,31H,6-7,10-13,15-16H2,(H,28,30);1H/b9-8+;/t20-,22+,25-,26-,27+;/m0./s1. The molecule has 2 aliphatic heterocycles. The van der Waals surface area contributed by atoms with Gasteiger partial charge in [0.15, 0.2) is 0 Å². The monoisotopic (exact) mass is 482 g/mol. The number of amides is 1. The lowest BCUT2D eigenvalue weighted by Crippen LogP contribution is -2.78. The minimum atomic E-state index is -0.824. The highest BCUT2D eigenvalue weighted by molar-refractivity contribution is 5.91. The van der Waals surface area contributed by atoms with Gasteiger partial charge in [0.05, 0.1) is 23.3 Å². The van der Waals surface area contributed by atoms with Gasteiger partial charge in [0, 0.05) is 24.2 Å². The van der Waals surface area contributed by atoms with Crippen molar-refractivity contribution in [2.24, 2.45) is 5.92 Å². The van der Waals surface area contributed by atoms with Gasteiger partial charge in [-0.05, 0) is 80.8 Å². The van der Waals surface area contributed by atoms with E-state index >= 15 is 0 Å². The van der Waals surface area contributed by atoms with Crippen molar-refractivity contribution in [3.8, 4) is 5.75 Å². The smallest absolute Gasteiger partial charge is 0.244 e. The van der Waals surface area contributed by atoms with E-state index in [1.165, 1.54) is 30.0 Å². The Morgan fingerprint density at radius 2 is 2.09 bits per heavy atom. The summed E-state index contributed by atoms with van der Waals surface area (Å²) in [5.74, 6) is 2.19. The zero-order valence-electron chi connectivity index (χ0n) is 19.1. The molecule has 7 rings (SSSR count). The number of hydrogen-bond donors (Lipinski definition) is 2. The van der Waals surface area contributed by atoms with Crippen LogP contribution in [-0.4, -0.2) is 52.8 Å². The molecule has 3 fully saturated rings. The molecule has 34 heavy (non-hydrogen) atoms. The second kappa shape index (κ2) is 7.87. The molecule has 2 aromatic rings. The molecule has 2 N–H and O–H groups in total. The second-order valence-electron chi connectivity index (χ2n) is 10.6. The normalized spacial score (nSPS) is 35.4. The molecule has 5 atom stereocenters. The Kier molecular flexibility index (Phi) is 5.14. The summed E-state index contributed by atoms with van der Waals surface area (Å²) < 4.78 is 11.9. The minimum absolute atomic E-state index is 0. The summed E-state index contributed by atoms with van der Waals surface area (Å²) in [7, 11) is 0. The van der Waals surface area contributed by atoms with Crippen molar-refractivity contribution in [3.63, 3.8) is 0 Å². The number of hydrogen-bond acceptors (Lipinski definition) is 5. The number of rotatable bonds is 5. The topological polar surface area (TPSA) is 74.9 Å². The Morgan fingerprint density at radius 3 is 2.88 bits per heavy atom. The highest BCUT2D eigenvalue weighted by Crippen LogP contribution is 2.64. The van der Waals surface area contributed by atoms with Gasteiger partial charge in [-0.1, -0.05) is 12.1 Å². The lowest BCUT2D eigenvalue weighted by atomic mass is 9.48. The molecule has 0 radical (unpaired) electrons. The lowest BCUT2D eigenvalue weighted by molar-refractivity contribution is -0.192. The number of furan rings is 1. The lowest BCUT2D eigenvalue weighted by Gasteiger charge is -2.64. The number of nitrogens with one attached hydrogen (secondary N) is 1. The molecular weight excluding hydrogens is 452 g/mol. The van der Waals surface area contributed by atoms with E-state index in [9.17, 15) is 9.90 Å². The number of aliphatic hydroxyl groups is 1. The number of carbonyl (C=O) groups is 1. The highest BCUT2D eigenvalue weighted by Gasteiger charge is 2.72. The van der Waals surface area contributed by atoms with E-state index in [0.717, 1.165) is 37.6 Å². The van der Waals surface area contributed by atoms with Gasteiger partial charge in [0.1, 0.15) is 17.6 Å². The van der Waals surface area contributed by atoms with Gasteiger partial charge >= 0.3 is 0 Å². The Labute approximate surface area is 205 Å². The van der Waals surface area contributed by atoms with Crippen LogP contribution in [0.5, 0.6) is 5.75 Å². The van der Waals surface area contributed by atoms with Gasteiger partial charge in [0.2, 0.25) is 5.91 Å². The molecule has 1 aromatic carbocycles. The highest BCUT2D eigenvalue weighted by atomic mass is 35.5. The molecule has 1 aromatic heterocycles. The average molecular weight is 483 g/mol. The molecule has 1 spiro atoms. The first-order valence-electron chi connectivity index (χ1n) is 12.4. The Hall–Kier alpha value is -2.28. The average Bonchev–Trinajstić information content (AvgIpc) is 3.33. The summed E-state index contributed by atoms with van der Waals surface area (Å²) in [6.07, 6.45) is 10.3. The molecule has 5 aliphatic rings. The van der Waals surface area contributed by atoms with Crippen molar-refractivity contribution in [1.82, 2.24) is 10.2 Å². The molecule has 2 saturated carbocycles. The number of ether oxygens (including phenoxy) is 1. The van der Waals surface area contributed by atoms with Gasteiger partial charge in [-0.15, -0.1) is 12.4 Å². The molecule has 180 valence electrons. The maximum atomic E-state index is 12.8. The van der Waals surface area contributed by atoms with Gasteiger partial charge in [0.25, 0.3) is 0 Å². The first-order chi connectivity index (χ1) is 16.1. The summed E-state index contributed by atoms with van der Waals surface area (Å²) in [6.45, 7) is 2.08. The first kappa shape index (κ1) is 22.2. The fourth-order valence-corrected chi connectivity index (χ4v) is 7.37. The van der Waals surface area contributed by atoms with Gasteiger partial charge in [-0.3, -0.25) is 9.69 Å². The van der Waals surface area contributed by atoms with Crippen molar-refractivity contribution in [2.75, 3.05) is 13.1 Å². The van der Waals surface area contributed by atoms with Crippen LogP contribution in [0.2, 0.25) is 0 Å². The second-order valence-corrected chi connectivity index (χ2v) is 10.6. The summed E-state index contributed by atoms with van der Waals surface area (Å²) >= 11 is 0. The third-order valence-corrected chi connectivity index (χ3v) is 8.93. The van der Waals surface area contributed by atoms with Crippen LogP contribution < -0.4 is 10.1 Å². The van der Waals surface area contributed by atoms with Crippen molar-refractivity contribution in [2.45, 2.75) is 67.7 Å². The fourth-order valence-electron chi connectivity index (χ4n) is 7.37. The van der Waals surface area contributed by atoms with Gasteiger partial charge in [-0.25, -0.2) is 0 Å². The van der Waals surface area contributed by atoms with E-state index in [1.807, 2.05) is 12.1 Å². The van der Waals surface area contributed by atoms with Gasteiger partial charge < -0.3 is 19.6 Å². The Bertz CT molecular complexity index is 1130. The summed E-state index contributed by atoms with van der Waals surface area (Å²) in [5.41, 5.74) is 1.25. The molecule has 7 heteroatoms. The van der Waals surface area contributed by atoms with Crippen LogP contribution >= 0.6 is 12.4 Å². The van der Waals surface area contributed by atoms with Crippen molar-refractivity contribution in [1.29, 1.82) is 0 Å². The van der Waals surface area contributed by atoms with Crippen LogP contribution in [0, 0.1) is 5.92 Å². The number of piperidine rings is 1. The van der Waals surface area contributed by atoms with Crippen molar-refractivity contribution < 1.29 is 19.1 Å². The maximum Gasteiger partial charge on any atom is 0.244 e. The van der Waals surface area contributed by atoms with Crippen LogP contribution in [0.15, 0.2) is 47.1 Å². The summed E-state index contributed by atoms with van der Waals surface area (Å²) in [6, 6.07) is 9.93. The number of carbonyl (C=O) groups excluding carboxylic acids is 1. The third kappa shape index (κ3) is 3.05. The predicted octanol–water partition coefficient (Wildman–Crippen LogP) is 3.46. The Morgan fingerprint density at radius 1 is 1.21 bits per heavy atom. The zero-order chi connectivity index (χ0) is 22.2. The number of halogens is 1. The molecule has 1 saturated heterocycles. The molecular formula is C27H31ClN2O4. The zero-order valence-corrected chi connectivity index (χ0v) is 19.9. The maximum absolute atomic E-state index is 12.8. The summed E-state index contributed by atoms with van der Waals surface area (Å²) in [5, 5.41) is 15.6. The van der Waals surface area contributed by atoms with Gasteiger partial charge in [-0.2, -0.15) is 0 Å². The fraction of sp³-hybridized carbons (Fsp3) is 0.519. The first-order valence-corrected chi connectivity index (χ1v) is 12.4. The Balaban J connectivity index is 0.00000217. The molecule has 6 nitrogen and oxygen atoms in total. The minimum Gasteiger partial charge on any atom is -0.487 e. The van der Waals surface area contributed by atoms with E-state index < -0.39 is 11.0 Å². The van der Waals surface area contributed by atoms with Crippen molar-refractivity contribution in [3.05, 3.63) is 59.6 Å². The number of benzene rings is 1. The largest absolute Gasteiger partial charge is 0.487 e. The van der Waals surface area contributed by atoms with Crippen LogP contribution in [0.1, 0.15) is 49.0 Å². The van der Waals surface area contributed by atoms with Crippen molar-refractivity contribution >= 4 is 24.4 Å². The van der Waals surface area contributed by atoms with Crippen LogP contribution in [-0.2, 0) is 16.6 Å². The number of nitrogens with zero attached hydrogens (tertiary/aromatic N) is 1. The van der Waals surface area contributed by atoms with Crippen LogP contribution in [0.4, 0.5) is 0 Å². The molecule has 0 unspecified atom stereocenters. The molecule has 3 aliphatic carbocycles. The quantitative estimate of drug-likeness (QED) is 0.638. The van der Waals surface area contributed by atoms with E-state index in [4.69, 9.17) is 9.15 Å². The molecule has 3 heterocycles. The van der Waals surface area contributed by atoms with Crippen LogP contribution in [0.25, 0.3) is 6.08 Å². The van der Waals surface area contributed by atoms with E-state index in [0.29, 0.717) is 18.6 Å². The predicted molar refractivity (Wildman–Crippen MR) is 130 cm³/mol.